The van der Waals surface area contributed by atoms with Crippen molar-refractivity contribution in [2.75, 3.05) is 13.2 Å². The van der Waals surface area contributed by atoms with E-state index in [0.29, 0.717) is 0 Å². The molecule has 1 aliphatic rings. The molecular weight excluding hydrogens is 168 g/mol. The first kappa shape index (κ1) is 9.85. The number of aliphatic hydroxyl groups excluding tert-OH is 4. The van der Waals surface area contributed by atoms with Crippen LogP contribution < -0.4 is 0 Å². The van der Waals surface area contributed by atoms with Crippen molar-refractivity contribution in [3.05, 3.63) is 0 Å². The Hall–Kier alpha value is -0.240. The van der Waals surface area contributed by atoms with Gasteiger partial charge in [-0.3, -0.25) is 0 Å². The van der Waals surface area contributed by atoms with Gasteiger partial charge in [0.1, 0.15) is 17.8 Å². The first-order valence-electron chi connectivity index (χ1n) is 3.51. The Bertz CT molecular complexity index is 162. The molecule has 0 saturated carbocycles. The second-order valence-electron chi connectivity index (χ2n) is 2.83. The zero-order valence-electron chi connectivity index (χ0n) is 6.29. The van der Waals surface area contributed by atoms with Gasteiger partial charge in [0.15, 0.2) is 6.29 Å². The van der Waals surface area contributed by atoms with E-state index in [1.165, 1.54) is 0 Å². The first-order valence-corrected chi connectivity index (χ1v) is 3.51. The van der Waals surface area contributed by atoms with E-state index < -0.39 is 30.7 Å². The third kappa shape index (κ3) is 1.33. The van der Waals surface area contributed by atoms with Crippen LogP contribution in [-0.4, -0.2) is 62.8 Å². The molecule has 0 aromatic heterocycles. The molecule has 0 radical (unpaired) electrons. The van der Waals surface area contributed by atoms with Gasteiger partial charge in [-0.2, -0.15) is 0 Å². The van der Waals surface area contributed by atoms with E-state index in [0.717, 1.165) is 0 Å². The van der Waals surface area contributed by atoms with E-state index in [9.17, 15) is 5.11 Å². The van der Waals surface area contributed by atoms with Gasteiger partial charge < -0.3 is 30.3 Å². The van der Waals surface area contributed by atoms with E-state index in [2.05, 4.69) is 4.74 Å². The molecule has 6 nitrogen and oxygen atoms in total. The van der Waals surface area contributed by atoms with Crippen molar-refractivity contribution in [1.82, 2.24) is 0 Å². The summed E-state index contributed by atoms with van der Waals surface area (Å²) in [6, 6.07) is 0. The summed E-state index contributed by atoms with van der Waals surface area (Å²) in [7, 11) is 0. The second kappa shape index (κ2) is 3.25. The molecule has 0 amide bonds. The van der Waals surface area contributed by atoms with E-state index in [1.807, 2.05) is 0 Å². The van der Waals surface area contributed by atoms with Gasteiger partial charge in [0.2, 0.25) is 0 Å². The third-order valence-electron chi connectivity index (χ3n) is 2.04. The van der Waals surface area contributed by atoms with Crippen LogP contribution >= 0.6 is 0 Å². The highest BCUT2D eigenvalue weighted by Gasteiger charge is 2.50. The van der Waals surface area contributed by atoms with Crippen LogP contribution in [0.15, 0.2) is 0 Å². The molecule has 0 aliphatic carbocycles. The Morgan fingerprint density at radius 2 is 1.92 bits per heavy atom. The predicted octanol–water partition coefficient (Wildman–Crippen LogP) is -3.22. The molecule has 72 valence electrons. The molecule has 1 aliphatic heterocycles. The minimum absolute atomic E-state index is 0.324. The molecule has 5 N–H and O–H groups in total. The average molecular weight is 180 g/mol. The fourth-order valence-electron chi connectivity index (χ4n) is 1.07. The monoisotopic (exact) mass is 180 g/mol. The fourth-order valence-corrected chi connectivity index (χ4v) is 1.07. The van der Waals surface area contributed by atoms with Crippen LogP contribution in [0.3, 0.4) is 0 Å². The smallest absolute Gasteiger partial charge is 0.184 e. The number of aliphatic hydroxyl groups is 5. The van der Waals surface area contributed by atoms with Gasteiger partial charge in [-0.05, 0) is 0 Å². The van der Waals surface area contributed by atoms with E-state index in [1.54, 1.807) is 0 Å². The third-order valence-corrected chi connectivity index (χ3v) is 2.04. The Morgan fingerprint density at radius 1 is 1.33 bits per heavy atom. The summed E-state index contributed by atoms with van der Waals surface area (Å²) in [6.07, 6.45) is -4.68. The van der Waals surface area contributed by atoms with Crippen molar-refractivity contribution in [2.45, 2.75) is 24.1 Å². The van der Waals surface area contributed by atoms with Crippen molar-refractivity contribution < 1.29 is 30.3 Å². The second-order valence-corrected chi connectivity index (χ2v) is 2.83. The normalized spacial score (nSPS) is 49.2. The number of ether oxygens (including phenoxy) is 1. The molecule has 0 spiro atoms. The lowest BCUT2D eigenvalue weighted by Crippen LogP contribution is -2.64. The SMILES string of the molecule is OC[C@]1(O)[C@H](O)CO[C@H](O)[C@@H]1O. The van der Waals surface area contributed by atoms with Crippen molar-refractivity contribution >= 4 is 0 Å². The molecule has 6 heteroatoms. The maximum absolute atomic E-state index is 9.40. The highest BCUT2D eigenvalue weighted by molar-refractivity contribution is 4.97. The van der Waals surface area contributed by atoms with Crippen molar-refractivity contribution in [3.8, 4) is 0 Å². The molecule has 1 rings (SSSR count). The molecule has 12 heavy (non-hydrogen) atoms. The average Bonchev–Trinajstić information content (AvgIpc) is 2.08. The predicted molar refractivity (Wildman–Crippen MR) is 36.0 cm³/mol. The van der Waals surface area contributed by atoms with E-state index >= 15 is 0 Å². The minimum atomic E-state index is -2.10. The summed E-state index contributed by atoms with van der Waals surface area (Å²) in [4.78, 5) is 0. The number of hydrogen-bond acceptors (Lipinski definition) is 6. The van der Waals surface area contributed by atoms with Crippen LogP contribution in [-0.2, 0) is 4.74 Å². The molecule has 0 aromatic carbocycles. The largest absolute Gasteiger partial charge is 0.393 e. The Kier molecular flexibility index (Phi) is 2.67. The van der Waals surface area contributed by atoms with Crippen LogP contribution in [0.5, 0.6) is 0 Å². The number of hydrogen-bond donors (Lipinski definition) is 5. The Labute approximate surface area is 68.6 Å². The molecular formula is C6H12O6. The summed E-state index contributed by atoms with van der Waals surface area (Å²) in [6.45, 7) is -1.16. The highest BCUT2D eigenvalue weighted by atomic mass is 16.6. The molecule has 0 unspecified atom stereocenters. The quantitative estimate of drug-likeness (QED) is 0.290. The summed E-state index contributed by atoms with van der Waals surface area (Å²) >= 11 is 0. The Balaban J connectivity index is 2.78. The summed E-state index contributed by atoms with van der Waals surface area (Å²) < 4.78 is 4.48. The lowest BCUT2D eigenvalue weighted by atomic mass is 9.89. The van der Waals surface area contributed by atoms with Crippen molar-refractivity contribution in [1.29, 1.82) is 0 Å². The van der Waals surface area contributed by atoms with Gasteiger partial charge in [-0.25, -0.2) is 0 Å². The topological polar surface area (TPSA) is 110 Å². The summed E-state index contributed by atoms with van der Waals surface area (Å²) in [5.74, 6) is 0. The first-order chi connectivity index (χ1) is 5.52. The zero-order valence-corrected chi connectivity index (χ0v) is 6.29. The van der Waals surface area contributed by atoms with Crippen LogP contribution in [0.25, 0.3) is 0 Å². The van der Waals surface area contributed by atoms with Crippen LogP contribution in [0.4, 0.5) is 0 Å². The molecule has 0 bridgehead atoms. The standard InChI is InChI=1S/C6H12O6/c7-2-6(11)3(8)1-12-5(10)4(6)9/h3-5,7-11H,1-2H2/t3-,4+,5+,6+/m1/s1. The zero-order chi connectivity index (χ0) is 9.35. The van der Waals surface area contributed by atoms with E-state index in [4.69, 9.17) is 20.4 Å². The molecule has 1 fully saturated rings. The fraction of sp³-hybridized carbons (Fsp3) is 1.00. The van der Waals surface area contributed by atoms with Gasteiger partial charge in [-0.1, -0.05) is 0 Å². The minimum Gasteiger partial charge on any atom is -0.393 e. The number of rotatable bonds is 1. The maximum Gasteiger partial charge on any atom is 0.184 e. The van der Waals surface area contributed by atoms with Gasteiger partial charge in [0.05, 0.1) is 13.2 Å². The lowest BCUT2D eigenvalue weighted by Gasteiger charge is -2.41. The molecule has 1 heterocycles. The van der Waals surface area contributed by atoms with Gasteiger partial charge in [-0.15, -0.1) is 0 Å². The summed E-state index contributed by atoms with van der Waals surface area (Å²) in [5, 5.41) is 45.2. The van der Waals surface area contributed by atoms with Crippen LogP contribution in [0, 0.1) is 0 Å². The Morgan fingerprint density at radius 3 is 2.33 bits per heavy atom. The molecule has 4 atom stereocenters. The molecule has 0 aromatic rings. The van der Waals surface area contributed by atoms with Gasteiger partial charge in [0, 0.05) is 0 Å². The highest BCUT2D eigenvalue weighted by Crippen LogP contribution is 2.24. The van der Waals surface area contributed by atoms with Gasteiger partial charge >= 0.3 is 0 Å². The maximum atomic E-state index is 9.40. The van der Waals surface area contributed by atoms with Crippen molar-refractivity contribution in [2.24, 2.45) is 0 Å². The van der Waals surface area contributed by atoms with Crippen LogP contribution in [0.2, 0.25) is 0 Å². The summed E-state index contributed by atoms with van der Waals surface area (Å²) in [5.41, 5.74) is -2.10. The van der Waals surface area contributed by atoms with Gasteiger partial charge in [0.25, 0.3) is 0 Å². The lowest BCUT2D eigenvalue weighted by molar-refractivity contribution is -0.298. The van der Waals surface area contributed by atoms with E-state index in [-0.39, 0.29) is 6.61 Å². The van der Waals surface area contributed by atoms with Crippen LogP contribution in [0.1, 0.15) is 0 Å². The molecule has 1 saturated heterocycles. The van der Waals surface area contributed by atoms with Crippen molar-refractivity contribution in [3.63, 3.8) is 0 Å².